The largest absolute Gasteiger partial charge is 0.497 e. The zero-order valence-corrected chi connectivity index (χ0v) is 10.9. The third-order valence-corrected chi connectivity index (χ3v) is 3.67. The molecule has 0 unspecified atom stereocenters. The van der Waals surface area contributed by atoms with E-state index >= 15 is 0 Å². The number of benzene rings is 1. The summed E-state index contributed by atoms with van der Waals surface area (Å²) in [4.78, 5) is 12.8. The van der Waals surface area contributed by atoms with Crippen LogP contribution >= 0.6 is 11.3 Å². The van der Waals surface area contributed by atoms with Gasteiger partial charge < -0.3 is 15.2 Å². The molecule has 0 saturated heterocycles. The lowest BCUT2D eigenvalue weighted by molar-refractivity contribution is 0.0607. The molecule has 1 heterocycles. The molecule has 2 N–H and O–H groups in total. The maximum Gasteiger partial charge on any atom is 0.350 e. The summed E-state index contributed by atoms with van der Waals surface area (Å²) in [5.74, 6) is 0.353. The van der Waals surface area contributed by atoms with Crippen molar-refractivity contribution in [3.05, 3.63) is 35.2 Å². The van der Waals surface area contributed by atoms with Crippen LogP contribution in [0.3, 0.4) is 0 Å². The van der Waals surface area contributed by atoms with Crippen LogP contribution in [0.25, 0.3) is 10.4 Å². The fourth-order valence-corrected chi connectivity index (χ4v) is 2.57. The van der Waals surface area contributed by atoms with E-state index in [0.717, 1.165) is 16.2 Å². The monoisotopic (exact) mass is 263 g/mol. The summed E-state index contributed by atoms with van der Waals surface area (Å²) in [6.45, 7) is 0. The lowest BCUT2D eigenvalue weighted by Gasteiger charge is -2.01. The van der Waals surface area contributed by atoms with Crippen molar-refractivity contribution in [2.75, 3.05) is 20.0 Å². The highest BCUT2D eigenvalue weighted by molar-refractivity contribution is 7.18. The number of nitrogens with two attached hydrogens (primary N) is 1. The molecule has 0 amide bonds. The average Bonchev–Trinajstić information content (AvgIpc) is 2.80. The molecule has 1 aromatic heterocycles. The van der Waals surface area contributed by atoms with E-state index in [1.54, 1.807) is 13.2 Å². The summed E-state index contributed by atoms with van der Waals surface area (Å²) >= 11 is 1.31. The van der Waals surface area contributed by atoms with E-state index in [1.165, 1.54) is 18.4 Å². The normalized spacial score (nSPS) is 10.1. The van der Waals surface area contributed by atoms with Crippen molar-refractivity contribution >= 4 is 23.0 Å². The Morgan fingerprint density at radius 2 is 2.06 bits per heavy atom. The zero-order chi connectivity index (χ0) is 13.1. The van der Waals surface area contributed by atoms with Gasteiger partial charge in [0.1, 0.15) is 10.6 Å². The molecule has 0 radical (unpaired) electrons. The van der Waals surface area contributed by atoms with Crippen LogP contribution in [-0.4, -0.2) is 20.2 Å². The zero-order valence-electron chi connectivity index (χ0n) is 10.1. The van der Waals surface area contributed by atoms with Gasteiger partial charge in [-0.2, -0.15) is 0 Å². The van der Waals surface area contributed by atoms with Crippen LogP contribution in [0.15, 0.2) is 30.3 Å². The summed E-state index contributed by atoms with van der Waals surface area (Å²) in [6, 6.07) is 9.36. The van der Waals surface area contributed by atoms with Gasteiger partial charge in [0, 0.05) is 4.88 Å². The minimum Gasteiger partial charge on any atom is -0.497 e. The molecule has 2 aromatic rings. The Labute approximate surface area is 109 Å². The molecule has 5 heteroatoms. The van der Waals surface area contributed by atoms with Crippen LogP contribution in [0.1, 0.15) is 9.67 Å². The lowest BCUT2D eigenvalue weighted by atomic mass is 10.2. The van der Waals surface area contributed by atoms with E-state index in [1.807, 2.05) is 24.3 Å². The number of carbonyl (C=O) groups is 1. The molecule has 0 bridgehead atoms. The number of hydrogen-bond acceptors (Lipinski definition) is 5. The van der Waals surface area contributed by atoms with Gasteiger partial charge in [-0.25, -0.2) is 4.79 Å². The minimum atomic E-state index is -0.411. The van der Waals surface area contributed by atoms with Crippen molar-refractivity contribution in [3.63, 3.8) is 0 Å². The number of esters is 1. The number of ether oxygens (including phenoxy) is 2. The van der Waals surface area contributed by atoms with E-state index < -0.39 is 5.97 Å². The van der Waals surface area contributed by atoms with Crippen LogP contribution in [-0.2, 0) is 4.74 Å². The summed E-state index contributed by atoms with van der Waals surface area (Å²) in [5.41, 5.74) is 7.20. The highest BCUT2D eigenvalue weighted by Gasteiger charge is 2.15. The highest BCUT2D eigenvalue weighted by atomic mass is 32.1. The Morgan fingerprint density at radius 1 is 1.28 bits per heavy atom. The molecule has 0 saturated carbocycles. The van der Waals surface area contributed by atoms with Gasteiger partial charge in [-0.1, -0.05) is 12.1 Å². The molecule has 0 spiro atoms. The van der Waals surface area contributed by atoms with E-state index in [0.29, 0.717) is 10.6 Å². The topological polar surface area (TPSA) is 61.5 Å². The average molecular weight is 263 g/mol. The summed E-state index contributed by atoms with van der Waals surface area (Å²) in [6.07, 6.45) is 0. The Hall–Kier alpha value is -2.01. The van der Waals surface area contributed by atoms with Crippen molar-refractivity contribution in [2.24, 2.45) is 0 Å². The molecule has 18 heavy (non-hydrogen) atoms. The van der Waals surface area contributed by atoms with Crippen molar-refractivity contribution in [3.8, 4) is 16.2 Å². The van der Waals surface area contributed by atoms with E-state index in [2.05, 4.69) is 4.74 Å². The van der Waals surface area contributed by atoms with Gasteiger partial charge in [0.2, 0.25) is 0 Å². The number of hydrogen-bond donors (Lipinski definition) is 1. The lowest BCUT2D eigenvalue weighted by Crippen LogP contribution is -2.00. The van der Waals surface area contributed by atoms with Crippen LogP contribution < -0.4 is 10.5 Å². The first-order valence-electron chi connectivity index (χ1n) is 5.27. The first-order valence-corrected chi connectivity index (χ1v) is 6.09. The van der Waals surface area contributed by atoms with Gasteiger partial charge in [-0.3, -0.25) is 0 Å². The van der Waals surface area contributed by atoms with Crippen LogP contribution in [0.4, 0.5) is 5.69 Å². The summed E-state index contributed by atoms with van der Waals surface area (Å²) in [5, 5.41) is 0. The predicted octanol–water partition coefficient (Wildman–Crippen LogP) is 2.79. The Balaban J connectivity index is 2.42. The summed E-state index contributed by atoms with van der Waals surface area (Å²) < 4.78 is 9.84. The fourth-order valence-electron chi connectivity index (χ4n) is 1.58. The standard InChI is InChI=1S/C13H13NO3S/c1-16-9-5-3-4-8(6-9)11-7-10(14)12(18-11)13(15)17-2/h3-7H,14H2,1-2H3. The second-order valence-electron chi connectivity index (χ2n) is 3.62. The van der Waals surface area contributed by atoms with E-state index in [4.69, 9.17) is 10.5 Å². The summed E-state index contributed by atoms with van der Waals surface area (Å²) in [7, 11) is 2.95. The molecule has 4 nitrogen and oxygen atoms in total. The van der Waals surface area contributed by atoms with Gasteiger partial charge >= 0.3 is 5.97 Å². The molecule has 2 rings (SSSR count). The van der Waals surface area contributed by atoms with Crippen molar-refractivity contribution in [1.82, 2.24) is 0 Å². The maximum absolute atomic E-state index is 11.5. The smallest absolute Gasteiger partial charge is 0.350 e. The number of nitrogen functional groups attached to an aromatic ring is 1. The quantitative estimate of drug-likeness (QED) is 0.865. The van der Waals surface area contributed by atoms with Gasteiger partial charge in [-0.05, 0) is 23.8 Å². The maximum atomic E-state index is 11.5. The minimum absolute atomic E-state index is 0.411. The van der Waals surface area contributed by atoms with Gasteiger partial charge in [0.25, 0.3) is 0 Å². The van der Waals surface area contributed by atoms with E-state index in [9.17, 15) is 4.79 Å². The SMILES string of the molecule is COC(=O)c1sc(-c2cccc(OC)c2)cc1N. The highest BCUT2D eigenvalue weighted by Crippen LogP contribution is 2.34. The van der Waals surface area contributed by atoms with E-state index in [-0.39, 0.29) is 0 Å². The number of rotatable bonds is 3. The molecule has 0 aliphatic rings. The molecule has 0 fully saturated rings. The number of carbonyl (C=O) groups excluding carboxylic acids is 1. The van der Waals surface area contributed by atoms with Crippen molar-refractivity contribution < 1.29 is 14.3 Å². The van der Waals surface area contributed by atoms with Gasteiger partial charge in [0.15, 0.2) is 0 Å². The molecule has 1 aromatic carbocycles. The van der Waals surface area contributed by atoms with Crippen LogP contribution in [0.5, 0.6) is 5.75 Å². The third-order valence-electron chi connectivity index (χ3n) is 2.49. The molecular formula is C13H13NO3S. The Bertz CT molecular complexity index is 577. The van der Waals surface area contributed by atoms with Gasteiger partial charge in [-0.15, -0.1) is 11.3 Å². The molecule has 0 atom stereocenters. The molecule has 0 aliphatic heterocycles. The molecule has 0 aliphatic carbocycles. The van der Waals surface area contributed by atoms with Crippen molar-refractivity contribution in [2.45, 2.75) is 0 Å². The number of thiophene rings is 1. The third kappa shape index (κ3) is 2.31. The number of methoxy groups -OCH3 is 2. The number of anilines is 1. The van der Waals surface area contributed by atoms with Gasteiger partial charge in [0.05, 0.1) is 19.9 Å². The molecular weight excluding hydrogens is 250 g/mol. The second-order valence-corrected chi connectivity index (χ2v) is 4.67. The predicted molar refractivity (Wildman–Crippen MR) is 72.1 cm³/mol. The Kier molecular flexibility index (Phi) is 3.53. The first kappa shape index (κ1) is 12.4. The van der Waals surface area contributed by atoms with Crippen LogP contribution in [0, 0.1) is 0 Å². The molecule has 94 valence electrons. The Morgan fingerprint density at radius 3 is 2.72 bits per heavy atom. The van der Waals surface area contributed by atoms with Crippen LogP contribution in [0.2, 0.25) is 0 Å². The first-order chi connectivity index (χ1) is 8.65. The second kappa shape index (κ2) is 5.10. The fraction of sp³-hybridized carbons (Fsp3) is 0.154. The van der Waals surface area contributed by atoms with Crippen molar-refractivity contribution in [1.29, 1.82) is 0 Å².